The van der Waals surface area contributed by atoms with E-state index in [1.54, 1.807) is 25.2 Å². The van der Waals surface area contributed by atoms with Crippen molar-refractivity contribution in [3.05, 3.63) is 39.8 Å². The van der Waals surface area contributed by atoms with Crippen LogP contribution in [0, 0.1) is 0 Å². The first-order chi connectivity index (χ1) is 15.5. The fraction of sp³-hybridized carbons (Fsp3) is 0.478. The molecule has 170 valence electrons. The number of morpholine rings is 1. The van der Waals surface area contributed by atoms with E-state index in [-0.39, 0.29) is 11.3 Å². The van der Waals surface area contributed by atoms with Gasteiger partial charge in [-0.05, 0) is 31.5 Å². The number of aryl methyl sites for hydroxylation is 1. The number of ether oxygens (including phenoxy) is 2. The van der Waals surface area contributed by atoms with Gasteiger partial charge in [-0.1, -0.05) is 13.3 Å². The summed E-state index contributed by atoms with van der Waals surface area (Å²) in [6, 6.07) is 5.33. The van der Waals surface area contributed by atoms with Crippen molar-refractivity contribution < 1.29 is 14.3 Å². The molecular formula is C23H29N5O4. The first-order valence-electron chi connectivity index (χ1n) is 11.1. The summed E-state index contributed by atoms with van der Waals surface area (Å²) in [5.41, 5.74) is 2.65. The van der Waals surface area contributed by atoms with Crippen LogP contribution in [-0.2, 0) is 18.2 Å². The zero-order chi connectivity index (χ0) is 22.7. The molecule has 0 spiro atoms. The first kappa shape index (κ1) is 22.2. The second-order valence-electron chi connectivity index (χ2n) is 7.90. The molecule has 0 saturated carbocycles. The van der Waals surface area contributed by atoms with Crippen LogP contribution in [0.1, 0.15) is 36.3 Å². The van der Waals surface area contributed by atoms with E-state index in [0.717, 1.165) is 31.6 Å². The Morgan fingerprint density at radius 3 is 2.72 bits per heavy atom. The third-order valence-corrected chi connectivity index (χ3v) is 5.67. The van der Waals surface area contributed by atoms with E-state index in [0.29, 0.717) is 60.1 Å². The minimum atomic E-state index is -0.240. The number of hydrogen-bond donors (Lipinski definition) is 1. The molecule has 9 heteroatoms. The molecule has 9 nitrogen and oxygen atoms in total. The monoisotopic (exact) mass is 439 g/mol. The van der Waals surface area contributed by atoms with Gasteiger partial charge in [0.05, 0.1) is 37.6 Å². The average Bonchev–Trinajstić information content (AvgIpc) is 3.20. The Kier molecular flexibility index (Phi) is 6.66. The van der Waals surface area contributed by atoms with Crippen LogP contribution in [0.5, 0.6) is 5.75 Å². The number of nitrogens with one attached hydrogen (secondary N) is 1. The Bertz CT molecular complexity index is 1180. The predicted molar refractivity (Wildman–Crippen MR) is 121 cm³/mol. The van der Waals surface area contributed by atoms with Gasteiger partial charge in [0.15, 0.2) is 11.3 Å². The van der Waals surface area contributed by atoms with Crippen LogP contribution in [-0.4, -0.2) is 69.9 Å². The van der Waals surface area contributed by atoms with E-state index in [1.807, 2.05) is 6.92 Å². The highest BCUT2D eigenvalue weighted by atomic mass is 16.5. The maximum Gasteiger partial charge on any atom is 0.281 e. The Labute approximate surface area is 186 Å². The van der Waals surface area contributed by atoms with Crippen LogP contribution in [0.25, 0.3) is 22.4 Å². The largest absolute Gasteiger partial charge is 0.493 e. The maximum absolute atomic E-state index is 13.0. The normalized spacial score (nSPS) is 14.7. The Morgan fingerprint density at radius 1 is 1.22 bits per heavy atom. The van der Waals surface area contributed by atoms with Gasteiger partial charge in [-0.15, -0.1) is 0 Å². The van der Waals surface area contributed by atoms with Crippen molar-refractivity contribution in [1.29, 1.82) is 0 Å². The van der Waals surface area contributed by atoms with E-state index in [1.165, 1.54) is 4.57 Å². The minimum Gasteiger partial charge on any atom is -0.493 e. The van der Waals surface area contributed by atoms with Crippen LogP contribution < -0.4 is 10.3 Å². The standard InChI is InChI=1S/C23H29N5O4/c1-4-6-17-20-21(26-25-17)23(30)27(3)22(24-20)16-13-15(7-8-19(16)32-5-2)18(29)14-28-9-11-31-12-10-28/h7-8,13H,4-6,9-12,14H2,1-3H3,(H,25,26). The van der Waals surface area contributed by atoms with E-state index in [9.17, 15) is 9.59 Å². The molecule has 1 saturated heterocycles. The lowest BCUT2D eigenvalue weighted by Gasteiger charge is -2.25. The number of aromatic amines is 1. The molecule has 0 bridgehead atoms. The van der Waals surface area contributed by atoms with E-state index in [4.69, 9.17) is 14.5 Å². The van der Waals surface area contributed by atoms with Crippen LogP contribution in [0.4, 0.5) is 0 Å². The van der Waals surface area contributed by atoms with Crippen LogP contribution in [0.2, 0.25) is 0 Å². The van der Waals surface area contributed by atoms with Gasteiger partial charge >= 0.3 is 0 Å². The zero-order valence-corrected chi connectivity index (χ0v) is 18.8. The summed E-state index contributed by atoms with van der Waals surface area (Å²) >= 11 is 0. The van der Waals surface area contributed by atoms with Crippen molar-refractivity contribution in [2.75, 3.05) is 39.5 Å². The summed E-state index contributed by atoms with van der Waals surface area (Å²) in [5.74, 6) is 1.04. The van der Waals surface area contributed by atoms with Crippen LogP contribution in [0.15, 0.2) is 23.0 Å². The van der Waals surface area contributed by atoms with Gasteiger partial charge in [0.2, 0.25) is 0 Å². The number of H-pyrrole nitrogens is 1. The van der Waals surface area contributed by atoms with Crippen molar-refractivity contribution in [2.24, 2.45) is 7.05 Å². The smallest absolute Gasteiger partial charge is 0.281 e. The second-order valence-corrected chi connectivity index (χ2v) is 7.90. The molecule has 2 aromatic heterocycles. The SMILES string of the molecule is CCCc1[nH]nc2c(=O)n(C)c(-c3cc(C(=O)CN4CCOCC4)ccc3OCC)nc12. The van der Waals surface area contributed by atoms with Gasteiger partial charge in [0.25, 0.3) is 5.56 Å². The maximum atomic E-state index is 13.0. The number of carbonyl (C=O) groups excluding carboxylic acids is 1. The lowest BCUT2D eigenvalue weighted by Crippen LogP contribution is -2.39. The topological polar surface area (TPSA) is 102 Å². The number of carbonyl (C=O) groups is 1. The fourth-order valence-corrected chi connectivity index (χ4v) is 3.96. The number of benzene rings is 1. The number of fused-ring (bicyclic) bond motifs is 1. The highest BCUT2D eigenvalue weighted by Crippen LogP contribution is 2.31. The molecule has 3 heterocycles. The van der Waals surface area contributed by atoms with Crippen LogP contribution >= 0.6 is 0 Å². The molecular weight excluding hydrogens is 410 g/mol. The number of ketones is 1. The molecule has 0 amide bonds. The molecule has 4 rings (SSSR count). The molecule has 0 unspecified atom stereocenters. The van der Waals surface area contributed by atoms with Crippen molar-refractivity contribution in [3.63, 3.8) is 0 Å². The summed E-state index contributed by atoms with van der Waals surface area (Å²) in [6.45, 7) is 7.49. The number of aromatic nitrogens is 4. The van der Waals surface area contributed by atoms with Crippen molar-refractivity contribution in [2.45, 2.75) is 26.7 Å². The van der Waals surface area contributed by atoms with Crippen LogP contribution in [0.3, 0.4) is 0 Å². The van der Waals surface area contributed by atoms with Crippen molar-refractivity contribution in [1.82, 2.24) is 24.6 Å². The van der Waals surface area contributed by atoms with Gasteiger partial charge in [-0.2, -0.15) is 5.10 Å². The minimum absolute atomic E-state index is 0.0114. The second kappa shape index (κ2) is 9.62. The summed E-state index contributed by atoms with van der Waals surface area (Å²) in [4.78, 5) is 32.9. The summed E-state index contributed by atoms with van der Waals surface area (Å²) in [6.07, 6.45) is 1.64. The molecule has 1 aliphatic rings. The molecule has 3 aromatic rings. The molecule has 0 aliphatic carbocycles. The molecule has 1 aliphatic heterocycles. The Balaban J connectivity index is 1.79. The zero-order valence-electron chi connectivity index (χ0n) is 18.8. The lowest BCUT2D eigenvalue weighted by molar-refractivity contribution is 0.0371. The third kappa shape index (κ3) is 4.31. The number of nitrogens with zero attached hydrogens (tertiary/aromatic N) is 4. The quantitative estimate of drug-likeness (QED) is 0.537. The summed E-state index contributed by atoms with van der Waals surface area (Å²) in [5, 5.41) is 7.13. The molecule has 1 N–H and O–H groups in total. The van der Waals surface area contributed by atoms with E-state index >= 15 is 0 Å². The average molecular weight is 440 g/mol. The predicted octanol–water partition coefficient (Wildman–Crippen LogP) is 2.19. The van der Waals surface area contributed by atoms with Gasteiger partial charge in [-0.3, -0.25) is 24.2 Å². The van der Waals surface area contributed by atoms with Gasteiger partial charge < -0.3 is 9.47 Å². The first-order valence-corrected chi connectivity index (χ1v) is 11.1. The molecule has 32 heavy (non-hydrogen) atoms. The number of hydrogen-bond acceptors (Lipinski definition) is 7. The van der Waals surface area contributed by atoms with Gasteiger partial charge in [0, 0.05) is 25.7 Å². The van der Waals surface area contributed by atoms with Gasteiger partial charge in [0.1, 0.15) is 17.1 Å². The Hall–Kier alpha value is -3.04. The van der Waals surface area contributed by atoms with Crippen molar-refractivity contribution >= 4 is 16.8 Å². The Morgan fingerprint density at radius 2 is 2.00 bits per heavy atom. The van der Waals surface area contributed by atoms with E-state index in [2.05, 4.69) is 22.0 Å². The highest BCUT2D eigenvalue weighted by Gasteiger charge is 2.21. The van der Waals surface area contributed by atoms with E-state index < -0.39 is 0 Å². The number of Topliss-reactive ketones (excluding diaryl/α,β-unsaturated/α-hetero) is 1. The summed E-state index contributed by atoms with van der Waals surface area (Å²) in [7, 11) is 1.66. The summed E-state index contributed by atoms with van der Waals surface area (Å²) < 4.78 is 12.7. The highest BCUT2D eigenvalue weighted by molar-refractivity contribution is 5.99. The van der Waals surface area contributed by atoms with Gasteiger partial charge in [-0.25, -0.2) is 4.98 Å². The molecule has 1 aromatic carbocycles. The lowest BCUT2D eigenvalue weighted by atomic mass is 10.0. The number of rotatable bonds is 8. The fourth-order valence-electron chi connectivity index (χ4n) is 3.96. The van der Waals surface area contributed by atoms with Crippen molar-refractivity contribution in [3.8, 4) is 17.1 Å². The molecule has 0 radical (unpaired) electrons. The molecule has 0 atom stereocenters. The molecule has 1 fully saturated rings. The third-order valence-electron chi connectivity index (χ3n) is 5.67.